The fraction of sp³-hybridized carbons (Fsp3) is 0.500. The molecule has 2 heterocycles. The molecule has 6 nitrogen and oxygen atoms in total. The first-order chi connectivity index (χ1) is 17.9. The number of carbonyl (C=O) groups excluding carboxylic acids is 2. The van der Waals surface area contributed by atoms with Crippen LogP contribution in [0.25, 0.3) is 17.2 Å². The minimum atomic E-state index is -0.350. The van der Waals surface area contributed by atoms with Crippen LogP contribution in [-0.2, 0) is 14.3 Å². The number of nitrogens with one attached hydrogen (secondary N) is 1. The van der Waals surface area contributed by atoms with Crippen LogP contribution < -0.4 is 5.32 Å². The number of nitrogens with zero attached hydrogens (tertiary/aromatic N) is 1. The zero-order valence-corrected chi connectivity index (χ0v) is 21.4. The summed E-state index contributed by atoms with van der Waals surface area (Å²) in [4.78, 5) is 29.4. The third-order valence-electron chi connectivity index (χ3n) is 8.34. The molecule has 3 fully saturated rings. The summed E-state index contributed by atoms with van der Waals surface area (Å²) in [5.41, 5.74) is 2.48. The monoisotopic (exact) mass is 506 g/mol. The first-order valence-corrected chi connectivity index (χ1v) is 13.5. The van der Waals surface area contributed by atoms with Crippen molar-refractivity contribution in [1.29, 1.82) is 0 Å². The van der Waals surface area contributed by atoms with Crippen LogP contribution in [-0.4, -0.2) is 35.8 Å². The molecule has 5 rings (SSSR count). The van der Waals surface area contributed by atoms with Crippen molar-refractivity contribution in [1.82, 2.24) is 10.3 Å². The van der Waals surface area contributed by atoms with Crippen molar-refractivity contribution in [2.45, 2.75) is 58.1 Å². The van der Waals surface area contributed by atoms with E-state index in [0.717, 1.165) is 48.9 Å². The highest BCUT2D eigenvalue weighted by atomic mass is 19.1. The van der Waals surface area contributed by atoms with Gasteiger partial charge in [-0.1, -0.05) is 31.2 Å². The Hall–Kier alpha value is -3.22. The number of benzene rings is 1. The molecule has 3 aliphatic rings. The van der Waals surface area contributed by atoms with Gasteiger partial charge in [-0.25, -0.2) is 9.18 Å². The zero-order valence-electron chi connectivity index (χ0n) is 21.4. The number of amides is 1. The molecule has 196 valence electrons. The first-order valence-electron chi connectivity index (χ1n) is 13.5. The highest BCUT2D eigenvalue weighted by Gasteiger charge is 2.54. The summed E-state index contributed by atoms with van der Waals surface area (Å²) in [6, 6.07) is 10.5. The normalized spacial score (nSPS) is 30.9. The SMILES string of the molecule is CCCOC(=O)N[C@@H]1CC[C@@H]2[C@@H](C1)C[C@H]1C(=O)O[C@H](C)[C@H]1[C@H]2/C=C/c1ccc(-c2cccc(F)c2)cn1. The molecule has 0 bridgehead atoms. The first kappa shape index (κ1) is 25.4. The molecule has 2 aromatic rings. The maximum atomic E-state index is 13.6. The molecule has 0 unspecified atom stereocenters. The van der Waals surface area contributed by atoms with E-state index in [9.17, 15) is 14.0 Å². The number of carbonyl (C=O) groups is 2. The molecule has 2 saturated carbocycles. The van der Waals surface area contributed by atoms with Crippen molar-refractivity contribution in [2.24, 2.45) is 29.6 Å². The number of fused-ring (bicyclic) bond motifs is 2. The number of halogens is 1. The Morgan fingerprint density at radius 3 is 2.84 bits per heavy atom. The van der Waals surface area contributed by atoms with Gasteiger partial charge in [-0.05, 0) is 86.6 Å². The van der Waals surface area contributed by atoms with Crippen LogP contribution in [0.4, 0.5) is 9.18 Å². The predicted octanol–water partition coefficient (Wildman–Crippen LogP) is 6.02. The number of cyclic esters (lactones) is 1. The van der Waals surface area contributed by atoms with Crippen molar-refractivity contribution >= 4 is 18.1 Å². The van der Waals surface area contributed by atoms with E-state index in [1.165, 1.54) is 12.1 Å². The summed E-state index contributed by atoms with van der Waals surface area (Å²) in [7, 11) is 0. The van der Waals surface area contributed by atoms with Gasteiger partial charge in [-0.3, -0.25) is 9.78 Å². The zero-order chi connectivity index (χ0) is 25.9. The summed E-state index contributed by atoms with van der Waals surface area (Å²) in [6.07, 6.45) is 9.90. The maximum Gasteiger partial charge on any atom is 0.407 e. The van der Waals surface area contributed by atoms with Gasteiger partial charge in [0.1, 0.15) is 11.9 Å². The molecule has 7 heteroatoms. The van der Waals surface area contributed by atoms with Gasteiger partial charge in [0.15, 0.2) is 0 Å². The second-order valence-electron chi connectivity index (χ2n) is 10.7. The van der Waals surface area contributed by atoms with Crippen LogP contribution in [0.1, 0.15) is 51.6 Å². The van der Waals surface area contributed by atoms with Crippen molar-refractivity contribution in [3.05, 3.63) is 60.2 Å². The molecule has 37 heavy (non-hydrogen) atoms. The average Bonchev–Trinajstić information content (AvgIpc) is 3.18. The number of esters is 1. The molecule has 1 amide bonds. The molecule has 1 aliphatic heterocycles. The highest BCUT2D eigenvalue weighted by Crippen LogP contribution is 2.53. The average molecular weight is 507 g/mol. The largest absolute Gasteiger partial charge is 0.462 e. The van der Waals surface area contributed by atoms with Crippen LogP contribution in [0, 0.1) is 35.4 Å². The molecular weight excluding hydrogens is 471 g/mol. The lowest BCUT2D eigenvalue weighted by Crippen LogP contribution is -2.48. The van der Waals surface area contributed by atoms with Gasteiger partial charge in [0.25, 0.3) is 0 Å². The Balaban J connectivity index is 1.32. The van der Waals surface area contributed by atoms with Crippen molar-refractivity contribution in [2.75, 3.05) is 6.61 Å². The number of pyridine rings is 1. The molecule has 1 aromatic carbocycles. The number of rotatable bonds is 6. The predicted molar refractivity (Wildman–Crippen MR) is 139 cm³/mol. The van der Waals surface area contributed by atoms with Crippen molar-refractivity contribution < 1.29 is 23.5 Å². The Morgan fingerprint density at radius 2 is 2.08 bits per heavy atom. The summed E-state index contributed by atoms with van der Waals surface area (Å²) < 4.78 is 24.5. The molecule has 7 atom stereocenters. The Labute approximate surface area is 217 Å². The number of aromatic nitrogens is 1. The van der Waals surface area contributed by atoms with Crippen LogP contribution in [0.15, 0.2) is 48.7 Å². The van der Waals surface area contributed by atoms with Gasteiger partial charge < -0.3 is 14.8 Å². The van der Waals surface area contributed by atoms with Gasteiger partial charge in [0.2, 0.25) is 0 Å². The number of alkyl carbamates (subject to hydrolysis) is 1. The van der Waals surface area contributed by atoms with E-state index in [-0.39, 0.29) is 47.8 Å². The quantitative estimate of drug-likeness (QED) is 0.485. The molecule has 2 aliphatic carbocycles. The lowest BCUT2D eigenvalue weighted by molar-refractivity contribution is -0.144. The van der Waals surface area contributed by atoms with Crippen LogP contribution >= 0.6 is 0 Å². The molecule has 1 saturated heterocycles. The number of hydrogen-bond acceptors (Lipinski definition) is 5. The molecule has 0 radical (unpaired) electrons. The van der Waals surface area contributed by atoms with Gasteiger partial charge in [-0.15, -0.1) is 0 Å². The van der Waals surface area contributed by atoms with E-state index < -0.39 is 0 Å². The molecule has 1 N–H and O–H groups in total. The Bertz CT molecular complexity index is 1150. The molecule has 1 aromatic heterocycles. The third kappa shape index (κ3) is 5.55. The minimum Gasteiger partial charge on any atom is -0.462 e. The van der Waals surface area contributed by atoms with E-state index in [1.807, 2.05) is 38.1 Å². The number of ether oxygens (including phenoxy) is 2. The molecule has 0 spiro atoms. The number of hydrogen-bond donors (Lipinski definition) is 1. The van der Waals surface area contributed by atoms with Gasteiger partial charge in [0, 0.05) is 23.7 Å². The lowest BCUT2D eigenvalue weighted by atomic mass is 9.57. The van der Waals surface area contributed by atoms with Gasteiger partial charge in [0.05, 0.1) is 18.2 Å². The standard InChI is InChI=1S/C30H35FN2O4/c1-3-13-36-30(35)33-24-10-11-25-21(15-24)16-27-28(18(2)37-29(27)34)26(25)12-9-23-8-7-20(17-32-23)19-5-4-6-22(31)14-19/h4-9,12,14,17-18,21,24-28H,3,10-11,13,15-16H2,1-2H3,(H,33,35)/b12-9+/t18-,21+,24-,25-,26+,27-,28+/m1/s1. The fourth-order valence-electron chi connectivity index (χ4n) is 6.70. The topological polar surface area (TPSA) is 77.5 Å². The number of allylic oxidation sites excluding steroid dienone is 1. The van der Waals surface area contributed by atoms with E-state index >= 15 is 0 Å². The lowest BCUT2D eigenvalue weighted by Gasteiger charge is -2.47. The Kier molecular flexibility index (Phi) is 7.58. The summed E-state index contributed by atoms with van der Waals surface area (Å²) in [5.74, 6) is 0.629. The maximum absolute atomic E-state index is 13.6. The van der Waals surface area contributed by atoms with E-state index in [2.05, 4.69) is 16.4 Å². The Morgan fingerprint density at radius 1 is 1.22 bits per heavy atom. The van der Waals surface area contributed by atoms with Crippen LogP contribution in [0.3, 0.4) is 0 Å². The van der Waals surface area contributed by atoms with Crippen LogP contribution in [0.5, 0.6) is 0 Å². The summed E-state index contributed by atoms with van der Waals surface area (Å²) in [5, 5.41) is 3.03. The van der Waals surface area contributed by atoms with E-state index in [4.69, 9.17) is 9.47 Å². The summed E-state index contributed by atoms with van der Waals surface area (Å²) >= 11 is 0. The third-order valence-corrected chi connectivity index (χ3v) is 8.34. The summed E-state index contributed by atoms with van der Waals surface area (Å²) in [6.45, 7) is 4.40. The van der Waals surface area contributed by atoms with Crippen molar-refractivity contribution in [3.63, 3.8) is 0 Å². The van der Waals surface area contributed by atoms with Gasteiger partial charge in [-0.2, -0.15) is 0 Å². The van der Waals surface area contributed by atoms with Crippen molar-refractivity contribution in [3.8, 4) is 11.1 Å². The minimum absolute atomic E-state index is 0.0682. The second kappa shape index (κ2) is 11.0. The smallest absolute Gasteiger partial charge is 0.407 e. The van der Waals surface area contributed by atoms with E-state index in [1.54, 1.807) is 12.3 Å². The van der Waals surface area contributed by atoms with Crippen LogP contribution in [0.2, 0.25) is 0 Å². The van der Waals surface area contributed by atoms with E-state index in [0.29, 0.717) is 18.4 Å². The van der Waals surface area contributed by atoms with Gasteiger partial charge >= 0.3 is 12.1 Å². The molecular formula is C30H35FN2O4. The highest BCUT2D eigenvalue weighted by molar-refractivity contribution is 5.75. The second-order valence-corrected chi connectivity index (χ2v) is 10.7. The fourth-order valence-corrected chi connectivity index (χ4v) is 6.70.